The molecule has 1 atom stereocenters. The lowest BCUT2D eigenvalue weighted by Gasteiger charge is -2.09. The predicted molar refractivity (Wildman–Crippen MR) is 93.4 cm³/mol. The molecule has 2 aromatic heterocycles. The molecule has 0 aliphatic carbocycles. The number of H-pyrrole nitrogens is 1. The minimum Gasteiger partial charge on any atom is -0.497 e. The Bertz CT molecular complexity index is 805. The van der Waals surface area contributed by atoms with Gasteiger partial charge in [-0.2, -0.15) is 0 Å². The number of hydrogen-bond acceptors (Lipinski definition) is 5. The average molecular weight is 329 g/mol. The molecule has 1 aromatic carbocycles. The van der Waals surface area contributed by atoms with Gasteiger partial charge in [0.05, 0.1) is 18.9 Å². The zero-order chi connectivity index (χ0) is 15.6. The van der Waals surface area contributed by atoms with E-state index in [0.29, 0.717) is 6.10 Å². The highest BCUT2D eigenvalue weighted by Gasteiger charge is 2.16. The van der Waals surface area contributed by atoms with E-state index in [9.17, 15) is 0 Å². The third-order valence-electron chi connectivity index (χ3n) is 4.17. The highest BCUT2D eigenvalue weighted by Crippen LogP contribution is 2.33. The Kier molecular flexibility index (Phi) is 3.93. The first kappa shape index (κ1) is 14.5. The lowest BCUT2D eigenvalue weighted by molar-refractivity contribution is 0.120. The molecule has 2 N–H and O–H groups in total. The van der Waals surface area contributed by atoms with Crippen molar-refractivity contribution >= 4 is 27.4 Å². The van der Waals surface area contributed by atoms with Crippen LogP contribution in [0.5, 0.6) is 5.75 Å². The number of anilines is 1. The molecule has 3 heterocycles. The van der Waals surface area contributed by atoms with E-state index in [4.69, 9.17) is 14.5 Å². The molecule has 0 bridgehead atoms. The summed E-state index contributed by atoms with van der Waals surface area (Å²) in [5.74, 6) is 0.852. The van der Waals surface area contributed by atoms with E-state index >= 15 is 0 Å². The van der Waals surface area contributed by atoms with Crippen LogP contribution in [0.3, 0.4) is 0 Å². The summed E-state index contributed by atoms with van der Waals surface area (Å²) in [6.07, 6.45) is 4.61. The van der Waals surface area contributed by atoms with Gasteiger partial charge >= 0.3 is 0 Å². The molecule has 23 heavy (non-hydrogen) atoms. The van der Waals surface area contributed by atoms with Crippen molar-refractivity contribution in [3.05, 3.63) is 29.8 Å². The monoisotopic (exact) mass is 329 g/mol. The van der Waals surface area contributed by atoms with Gasteiger partial charge in [-0.3, -0.25) is 0 Å². The van der Waals surface area contributed by atoms with Crippen LogP contribution >= 0.6 is 11.3 Å². The van der Waals surface area contributed by atoms with Crippen molar-refractivity contribution in [3.8, 4) is 17.0 Å². The van der Waals surface area contributed by atoms with Crippen LogP contribution in [-0.4, -0.2) is 36.3 Å². The summed E-state index contributed by atoms with van der Waals surface area (Å²) in [5.41, 5.74) is 3.16. The number of aromatic amines is 1. The summed E-state index contributed by atoms with van der Waals surface area (Å²) in [5, 5.41) is 7.53. The Hall–Kier alpha value is -2.05. The van der Waals surface area contributed by atoms with Crippen molar-refractivity contribution in [1.29, 1.82) is 0 Å². The van der Waals surface area contributed by atoms with E-state index in [2.05, 4.69) is 15.7 Å². The molecular formula is C17H19N3O2S. The molecule has 0 unspecified atom stereocenters. The third-order valence-corrected chi connectivity index (χ3v) is 4.97. The van der Waals surface area contributed by atoms with Crippen LogP contribution in [-0.2, 0) is 4.74 Å². The molecule has 3 aromatic rings. The summed E-state index contributed by atoms with van der Waals surface area (Å²) in [4.78, 5) is 8.00. The second-order valence-electron chi connectivity index (χ2n) is 5.67. The van der Waals surface area contributed by atoms with Crippen LogP contribution < -0.4 is 10.1 Å². The summed E-state index contributed by atoms with van der Waals surface area (Å²) in [7, 11) is 1.68. The molecule has 6 heteroatoms. The lowest BCUT2D eigenvalue weighted by Crippen LogP contribution is -2.18. The zero-order valence-electron chi connectivity index (χ0n) is 13.0. The van der Waals surface area contributed by atoms with Crippen LogP contribution in [0.4, 0.5) is 5.13 Å². The molecule has 5 nitrogen and oxygen atoms in total. The first-order valence-electron chi connectivity index (χ1n) is 7.80. The van der Waals surface area contributed by atoms with Crippen molar-refractivity contribution in [2.45, 2.75) is 18.9 Å². The van der Waals surface area contributed by atoms with E-state index in [0.717, 1.165) is 59.0 Å². The maximum atomic E-state index is 5.63. The number of benzene rings is 1. The zero-order valence-corrected chi connectivity index (χ0v) is 13.8. The maximum Gasteiger partial charge on any atom is 0.183 e. The molecule has 0 saturated carbocycles. The molecular weight excluding hydrogens is 310 g/mol. The SMILES string of the molecule is COc1ccc2[nH]cc(-c3csc(NC[C@@H]4CCCO4)n3)c2c1. The number of ether oxygens (including phenoxy) is 2. The first-order chi connectivity index (χ1) is 11.3. The highest BCUT2D eigenvalue weighted by molar-refractivity contribution is 7.14. The summed E-state index contributed by atoms with van der Waals surface area (Å²) in [6.45, 7) is 1.71. The van der Waals surface area contributed by atoms with Crippen LogP contribution in [0.2, 0.25) is 0 Å². The van der Waals surface area contributed by atoms with E-state index in [1.807, 2.05) is 24.4 Å². The summed E-state index contributed by atoms with van der Waals surface area (Å²) < 4.78 is 11.0. The van der Waals surface area contributed by atoms with Gasteiger partial charge in [-0.05, 0) is 31.0 Å². The fraction of sp³-hybridized carbons (Fsp3) is 0.353. The Morgan fingerprint density at radius 2 is 2.43 bits per heavy atom. The van der Waals surface area contributed by atoms with Gasteiger partial charge in [0.2, 0.25) is 0 Å². The summed E-state index contributed by atoms with van der Waals surface area (Å²) >= 11 is 1.63. The van der Waals surface area contributed by atoms with Gasteiger partial charge in [0.25, 0.3) is 0 Å². The fourth-order valence-electron chi connectivity index (χ4n) is 2.92. The van der Waals surface area contributed by atoms with Crippen molar-refractivity contribution in [3.63, 3.8) is 0 Å². The predicted octanol–water partition coefficient (Wildman–Crippen LogP) is 3.89. The molecule has 1 aliphatic rings. The minimum absolute atomic E-state index is 0.319. The Balaban J connectivity index is 1.56. The molecule has 0 amide bonds. The second-order valence-corrected chi connectivity index (χ2v) is 6.53. The van der Waals surface area contributed by atoms with Gasteiger partial charge in [-0.25, -0.2) is 4.98 Å². The maximum absolute atomic E-state index is 5.63. The summed E-state index contributed by atoms with van der Waals surface area (Å²) in [6, 6.07) is 6.03. The van der Waals surface area contributed by atoms with Crippen LogP contribution in [0.25, 0.3) is 22.2 Å². The molecule has 120 valence electrons. The standard InChI is InChI=1S/C17H19N3O2S/c1-21-11-4-5-15-13(7-11)14(9-18-15)16-10-23-17(20-16)19-8-12-3-2-6-22-12/h4-5,7,9-10,12,18H,2-3,6,8H2,1H3,(H,19,20)/t12-/m0/s1. The second kappa shape index (κ2) is 6.22. The molecule has 0 spiro atoms. The Labute approximate surface area is 138 Å². The third kappa shape index (κ3) is 2.92. The van der Waals surface area contributed by atoms with Crippen LogP contribution in [0.1, 0.15) is 12.8 Å². The molecule has 1 fully saturated rings. The number of nitrogens with one attached hydrogen (secondary N) is 2. The number of hydrogen-bond donors (Lipinski definition) is 2. The molecule has 0 radical (unpaired) electrons. The van der Waals surface area contributed by atoms with Crippen LogP contribution in [0.15, 0.2) is 29.8 Å². The number of rotatable bonds is 5. The van der Waals surface area contributed by atoms with Crippen molar-refractivity contribution < 1.29 is 9.47 Å². The minimum atomic E-state index is 0.319. The van der Waals surface area contributed by atoms with Crippen molar-refractivity contribution in [2.24, 2.45) is 0 Å². The Morgan fingerprint density at radius 1 is 1.48 bits per heavy atom. The first-order valence-corrected chi connectivity index (χ1v) is 8.68. The van der Waals surface area contributed by atoms with Gasteiger partial charge in [0, 0.05) is 41.2 Å². The number of methoxy groups -OCH3 is 1. The van der Waals surface area contributed by atoms with Gasteiger partial charge in [0.15, 0.2) is 5.13 Å². The quantitative estimate of drug-likeness (QED) is 0.745. The highest BCUT2D eigenvalue weighted by atomic mass is 32.1. The smallest absolute Gasteiger partial charge is 0.183 e. The van der Waals surface area contributed by atoms with Crippen LogP contribution in [0, 0.1) is 0 Å². The normalized spacial score (nSPS) is 17.7. The van der Waals surface area contributed by atoms with E-state index in [1.54, 1.807) is 18.4 Å². The molecule has 1 aliphatic heterocycles. The number of thiazole rings is 1. The van der Waals surface area contributed by atoms with E-state index in [1.165, 1.54) is 0 Å². The van der Waals surface area contributed by atoms with Crippen molar-refractivity contribution in [2.75, 3.05) is 25.6 Å². The van der Waals surface area contributed by atoms with Crippen molar-refractivity contribution in [1.82, 2.24) is 9.97 Å². The molecule has 1 saturated heterocycles. The Morgan fingerprint density at radius 3 is 3.26 bits per heavy atom. The average Bonchev–Trinajstić information content (AvgIpc) is 3.31. The number of nitrogens with zero attached hydrogens (tertiary/aromatic N) is 1. The molecule has 4 rings (SSSR count). The van der Waals surface area contributed by atoms with E-state index in [-0.39, 0.29) is 0 Å². The van der Waals surface area contributed by atoms with E-state index < -0.39 is 0 Å². The topological polar surface area (TPSA) is 59.2 Å². The number of aromatic nitrogens is 2. The lowest BCUT2D eigenvalue weighted by atomic mass is 10.1. The van der Waals surface area contributed by atoms with Gasteiger partial charge in [0.1, 0.15) is 5.75 Å². The van der Waals surface area contributed by atoms with Gasteiger partial charge in [-0.15, -0.1) is 11.3 Å². The van der Waals surface area contributed by atoms with Gasteiger partial charge in [-0.1, -0.05) is 0 Å². The van der Waals surface area contributed by atoms with Gasteiger partial charge < -0.3 is 19.8 Å². The fourth-order valence-corrected chi connectivity index (χ4v) is 3.64. The number of fused-ring (bicyclic) bond motifs is 1. The largest absolute Gasteiger partial charge is 0.497 e.